The van der Waals surface area contributed by atoms with Crippen LogP contribution in [-0.4, -0.2) is 63.9 Å². The van der Waals surface area contributed by atoms with Crippen LogP contribution in [0.4, 0.5) is 5.00 Å². The predicted octanol–water partition coefficient (Wildman–Crippen LogP) is 1.64. The molecule has 10 heteroatoms. The molecule has 1 aromatic carbocycles. The Balaban J connectivity index is 1.70. The summed E-state index contributed by atoms with van der Waals surface area (Å²) in [6.45, 7) is 4.05. The van der Waals surface area contributed by atoms with E-state index < -0.39 is 18.1 Å². The first-order chi connectivity index (χ1) is 15.0. The normalized spacial score (nSPS) is 17.8. The molecule has 1 fully saturated rings. The number of carbonyl (C=O) groups is 3. The SMILES string of the molecule is CC[C@H](NC(=O)[C@H](C)NC)C(=O)N1CCC[C@H]1C(=O)Nc1snnc1-c1ccccc1. The Bertz CT molecular complexity index is 919. The Morgan fingerprint density at radius 3 is 2.68 bits per heavy atom. The highest BCUT2D eigenvalue weighted by Crippen LogP contribution is 2.29. The molecule has 1 saturated heterocycles. The highest BCUT2D eigenvalue weighted by molar-refractivity contribution is 7.10. The lowest BCUT2D eigenvalue weighted by Crippen LogP contribution is -2.54. The van der Waals surface area contributed by atoms with Gasteiger partial charge >= 0.3 is 0 Å². The average Bonchev–Trinajstić information content (AvgIpc) is 3.46. The minimum Gasteiger partial charge on any atom is -0.343 e. The number of hydrogen-bond acceptors (Lipinski definition) is 7. The maximum Gasteiger partial charge on any atom is 0.247 e. The number of benzene rings is 1. The van der Waals surface area contributed by atoms with Crippen LogP contribution in [-0.2, 0) is 14.4 Å². The van der Waals surface area contributed by atoms with E-state index in [9.17, 15) is 14.4 Å². The second-order valence-electron chi connectivity index (χ2n) is 7.48. The number of likely N-dealkylation sites (N-methyl/N-ethyl adjacent to an activating group) is 1. The van der Waals surface area contributed by atoms with Gasteiger partial charge in [-0.1, -0.05) is 41.7 Å². The maximum atomic E-state index is 13.1. The van der Waals surface area contributed by atoms with E-state index in [0.717, 1.165) is 23.5 Å². The number of anilines is 1. The van der Waals surface area contributed by atoms with E-state index in [1.807, 2.05) is 37.3 Å². The summed E-state index contributed by atoms with van der Waals surface area (Å²) in [6, 6.07) is 7.83. The second-order valence-corrected chi connectivity index (χ2v) is 8.23. The number of nitrogens with one attached hydrogen (secondary N) is 3. The van der Waals surface area contributed by atoms with Crippen molar-refractivity contribution < 1.29 is 14.4 Å². The Morgan fingerprint density at radius 1 is 1.26 bits per heavy atom. The third-order valence-electron chi connectivity index (χ3n) is 5.46. The smallest absolute Gasteiger partial charge is 0.247 e. The van der Waals surface area contributed by atoms with Crippen LogP contribution >= 0.6 is 11.5 Å². The van der Waals surface area contributed by atoms with E-state index >= 15 is 0 Å². The quantitative estimate of drug-likeness (QED) is 0.570. The van der Waals surface area contributed by atoms with E-state index in [2.05, 4.69) is 25.5 Å². The van der Waals surface area contributed by atoms with Crippen molar-refractivity contribution in [3.05, 3.63) is 30.3 Å². The molecule has 166 valence electrons. The second kappa shape index (κ2) is 10.5. The van der Waals surface area contributed by atoms with Gasteiger partial charge in [0.1, 0.15) is 22.8 Å². The monoisotopic (exact) mass is 444 g/mol. The summed E-state index contributed by atoms with van der Waals surface area (Å²) in [5.41, 5.74) is 1.47. The van der Waals surface area contributed by atoms with Crippen LogP contribution in [0.2, 0.25) is 0 Å². The van der Waals surface area contributed by atoms with Gasteiger partial charge in [0.25, 0.3) is 0 Å². The Kier molecular flexibility index (Phi) is 7.69. The number of amides is 3. The number of rotatable bonds is 8. The molecule has 0 spiro atoms. The molecule has 1 aliphatic heterocycles. The lowest BCUT2D eigenvalue weighted by atomic mass is 10.1. The van der Waals surface area contributed by atoms with Gasteiger partial charge in [0.2, 0.25) is 17.7 Å². The van der Waals surface area contributed by atoms with E-state index in [1.165, 1.54) is 0 Å². The summed E-state index contributed by atoms with van der Waals surface area (Å²) in [4.78, 5) is 40.0. The summed E-state index contributed by atoms with van der Waals surface area (Å²) in [6.07, 6.45) is 1.75. The van der Waals surface area contributed by atoms with Gasteiger partial charge in [-0.05, 0) is 33.2 Å². The molecule has 2 heterocycles. The molecule has 0 saturated carbocycles. The summed E-state index contributed by atoms with van der Waals surface area (Å²) < 4.78 is 3.97. The minimum absolute atomic E-state index is 0.234. The van der Waals surface area contributed by atoms with Crippen molar-refractivity contribution in [3.63, 3.8) is 0 Å². The molecular weight excluding hydrogens is 416 g/mol. The third kappa shape index (κ3) is 5.26. The Hall–Kier alpha value is -2.85. The number of nitrogens with zero attached hydrogens (tertiary/aromatic N) is 3. The largest absolute Gasteiger partial charge is 0.343 e. The van der Waals surface area contributed by atoms with E-state index in [1.54, 1.807) is 18.9 Å². The number of likely N-dealkylation sites (tertiary alicyclic amines) is 1. The molecule has 9 nitrogen and oxygen atoms in total. The standard InChI is InChI=1S/C21H28N6O3S/c1-4-15(23-18(28)13(2)22-3)21(30)27-12-8-11-16(27)19(29)24-20-17(25-26-31-20)14-9-6-5-7-10-14/h5-7,9-10,13,15-16,22H,4,8,11-12H2,1-3H3,(H,23,28)(H,24,29)/t13-,15-,16-/m0/s1. The highest BCUT2D eigenvalue weighted by atomic mass is 32.1. The van der Waals surface area contributed by atoms with Gasteiger partial charge in [0.15, 0.2) is 0 Å². The van der Waals surface area contributed by atoms with Crippen LogP contribution in [0.1, 0.15) is 33.1 Å². The van der Waals surface area contributed by atoms with Gasteiger partial charge in [-0.25, -0.2) is 0 Å². The first-order valence-electron chi connectivity index (χ1n) is 10.4. The summed E-state index contributed by atoms with van der Waals surface area (Å²) in [7, 11) is 1.69. The molecular formula is C21H28N6O3S. The first kappa shape index (κ1) is 22.8. The number of aromatic nitrogens is 2. The topological polar surface area (TPSA) is 116 Å². The fourth-order valence-corrected chi connectivity index (χ4v) is 4.12. The van der Waals surface area contributed by atoms with Crippen molar-refractivity contribution in [2.45, 2.75) is 51.2 Å². The van der Waals surface area contributed by atoms with Gasteiger partial charge in [-0.2, -0.15) is 0 Å². The molecule has 3 atom stereocenters. The molecule has 3 rings (SSSR count). The molecule has 31 heavy (non-hydrogen) atoms. The molecule has 1 aromatic heterocycles. The molecule has 0 radical (unpaired) electrons. The lowest BCUT2D eigenvalue weighted by Gasteiger charge is -2.28. The molecule has 3 N–H and O–H groups in total. The van der Waals surface area contributed by atoms with Gasteiger partial charge in [-0.3, -0.25) is 14.4 Å². The van der Waals surface area contributed by atoms with E-state index in [4.69, 9.17) is 0 Å². The Morgan fingerprint density at radius 2 is 2.00 bits per heavy atom. The highest BCUT2D eigenvalue weighted by Gasteiger charge is 2.37. The number of hydrogen-bond donors (Lipinski definition) is 3. The van der Waals surface area contributed by atoms with E-state index in [-0.39, 0.29) is 17.7 Å². The first-order valence-corrected chi connectivity index (χ1v) is 11.2. The van der Waals surface area contributed by atoms with Gasteiger partial charge < -0.3 is 20.9 Å². The summed E-state index contributed by atoms with van der Waals surface area (Å²) >= 11 is 1.11. The van der Waals surface area contributed by atoms with Crippen LogP contribution < -0.4 is 16.0 Å². The zero-order chi connectivity index (χ0) is 22.4. The Labute approximate surface area is 185 Å². The van der Waals surface area contributed by atoms with Gasteiger partial charge in [0.05, 0.1) is 6.04 Å². The fraction of sp³-hybridized carbons (Fsp3) is 0.476. The van der Waals surface area contributed by atoms with Gasteiger partial charge in [-0.15, -0.1) is 5.10 Å². The number of carbonyl (C=O) groups excluding carboxylic acids is 3. The minimum atomic E-state index is -0.665. The molecule has 3 amide bonds. The molecule has 1 aliphatic rings. The van der Waals surface area contributed by atoms with Crippen LogP contribution in [0.3, 0.4) is 0 Å². The van der Waals surface area contributed by atoms with Gasteiger partial charge in [0, 0.05) is 23.6 Å². The van der Waals surface area contributed by atoms with Crippen molar-refractivity contribution in [2.24, 2.45) is 0 Å². The third-order valence-corrected chi connectivity index (χ3v) is 6.10. The average molecular weight is 445 g/mol. The van der Waals surface area contributed by atoms with E-state index in [0.29, 0.717) is 30.1 Å². The van der Waals surface area contributed by atoms with Crippen molar-refractivity contribution in [1.82, 2.24) is 25.1 Å². The summed E-state index contributed by atoms with van der Waals surface area (Å²) in [5.74, 6) is -0.743. The van der Waals surface area contributed by atoms with Crippen molar-refractivity contribution in [1.29, 1.82) is 0 Å². The lowest BCUT2D eigenvalue weighted by molar-refractivity contribution is -0.140. The van der Waals surface area contributed by atoms with Crippen LogP contribution in [0.5, 0.6) is 0 Å². The zero-order valence-corrected chi connectivity index (χ0v) is 18.7. The van der Waals surface area contributed by atoms with Crippen LogP contribution in [0.25, 0.3) is 11.3 Å². The molecule has 2 aromatic rings. The molecule has 0 bridgehead atoms. The molecule has 0 aliphatic carbocycles. The van der Waals surface area contributed by atoms with Crippen molar-refractivity contribution in [3.8, 4) is 11.3 Å². The fourth-order valence-electron chi connectivity index (χ4n) is 3.52. The van der Waals surface area contributed by atoms with Crippen molar-refractivity contribution >= 4 is 34.3 Å². The van der Waals surface area contributed by atoms with Crippen LogP contribution in [0.15, 0.2) is 30.3 Å². The molecule has 0 unspecified atom stereocenters. The van der Waals surface area contributed by atoms with Crippen molar-refractivity contribution in [2.75, 3.05) is 18.9 Å². The van der Waals surface area contributed by atoms with Crippen LogP contribution in [0, 0.1) is 0 Å². The maximum absolute atomic E-state index is 13.1. The zero-order valence-electron chi connectivity index (χ0n) is 17.9. The predicted molar refractivity (Wildman–Crippen MR) is 119 cm³/mol. The summed E-state index contributed by atoms with van der Waals surface area (Å²) in [5, 5.41) is 13.2.